The lowest BCUT2D eigenvalue weighted by Gasteiger charge is -2.26. The van der Waals surface area contributed by atoms with Crippen LogP contribution in [0.2, 0.25) is 0 Å². The number of aromatic nitrogens is 1. The van der Waals surface area contributed by atoms with Crippen LogP contribution in [0.25, 0.3) is 0 Å². The molecule has 0 aliphatic carbocycles. The summed E-state index contributed by atoms with van der Waals surface area (Å²) in [6, 6.07) is 7.96. The Hall–Kier alpha value is -2.82. The standard InChI is InChI=1S/C18H22N6O3S/c19-10-14-9-15(12-22-17(14)20)18(25)23-11-13-1-3-16(4-2-13)28(26,27)24-7-5-21-6-8-24/h1-4,9-10,12,19,21H,5-8,11H2,(H2,20,22)(H,23,25). The molecule has 3 rings (SSSR count). The lowest BCUT2D eigenvalue weighted by molar-refractivity contribution is 0.0950. The molecule has 1 aromatic carbocycles. The van der Waals surface area contributed by atoms with Crippen molar-refractivity contribution >= 4 is 28.0 Å². The third-order valence-corrected chi connectivity index (χ3v) is 6.37. The first kappa shape index (κ1) is 19.9. The van der Waals surface area contributed by atoms with Crippen molar-refractivity contribution < 1.29 is 13.2 Å². The molecule has 0 radical (unpaired) electrons. The molecule has 2 aromatic rings. The lowest BCUT2D eigenvalue weighted by Crippen LogP contribution is -2.46. The van der Waals surface area contributed by atoms with Gasteiger partial charge in [0, 0.05) is 50.7 Å². The summed E-state index contributed by atoms with van der Waals surface area (Å²) in [4.78, 5) is 16.4. The zero-order valence-electron chi connectivity index (χ0n) is 15.2. The molecule has 1 fully saturated rings. The SMILES string of the molecule is N=Cc1cc(C(=O)NCc2ccc(S(=O)(=O)N3CCNCC3)cc2)cnc1N. The maximum absolute atomic E-state index is 12.6. The molecule has 0 saturated carbocycles. The normalized spacial score (nSPS) is 15.1. The minimum absolute atomic E-state index is 0.188. The van der Waals surface area contributed by atoms with Gasteiger partial charge in [-0.3, -0.25) is 4.79 Å². The van der Waals surface area contributed by atoms with Crippen molar-refractivity contribution in [1.29, 1.82) is 5.41 Å². The van der Waals surface area contributed by atoms with E-state index in [0.29, 0.717) is 37.3 Å². The van der Waals surface area contributed by atoms with E-state index in [1.165, 1.54) is 16.6 Å². The first-order valence-corrected chi connectivity index (χ1v) is 10.2. The Balaban J connectivity index is 1.64. The van der Waals surface area contributed by atoms with Crippen LogP contribution in [-0.4, -0.2) is 56.0 Å². The van der Waals surface area contributed by atoms with Crippen LogP contribution < -0.4 is 16.4 Å². The second-order valence-electron chi connectivity index (χ2n) is 6.32. The van der Waals surface area contributed by atoms with Crippen LogP contribution in [0.5, 0.6) is 0 Å². The molecule has 0 spiro atoms. The Bertz CT molecular complexity index is 969. The van der Waals surface area contributed by atoms with Crippen molar-refractivity contribution in [3.63, 3.8) is 0 Å². The van der Waals surface area contributed by atoms with Crippen LogP contribution in [0.15, 0.2) is 41.4 Å². The Kier molecular flexibility index (Phi) is 6.02. The number of carbonyl (C=O) groups excluding carboxylic acids is 1. The smallest absolute Gasteiger partial charge is 0.253 e. The Morgan fingerprint density at radius 1 is 1.29 bits per heavy atom. The first-order valence-electron chi connectivity index (χ1n) is 8.76. The van der Waals surface area contributed by atoms with Crippen LogP contribution in [0.1, 0.15) is 21.5 Å². The number of amides is 1. The summed E-state index contributed by atoms with van der Waals surface area (Å²) in [5.41, 5.74) is 7.05. The lowest BCUT2D eigenvalue weighted by atomic mass is 10.1. The summed E-state index contributed by atoms with van der Waals surface area (Å²) in [5.74, 6) is -0.166. The molecule has 148 valence electrons. The maximum Gasteiger partial charge on any atom is 0.253 e. The van der Waals surface area contributed by atoms with Gasteiger partial charge in [-0.25, -0.2) is 13.4 Å². The van der Waals surface area contributed by atoms with E-state index in [-0.39, 0.29) is 23.2 Å². The molecule has 1 aliphatic rings. The molecule has 0 unspecified atom stereocenters. The molecule has 5 N–H and O–H groups in total. The molecule has 1 aliphatic heterocycles. The molecule has 28 heavy (non-hydrogen) atoms. The van der Waals surface area contributed by atoms with Crippen molar-refractivity contribution in [2.45, 2.75) is 11.4 Å². The number of benzene rings is 1. The largest absolute Gasteiger partial charge is 0.383 e. The number of nitrogens with zero attached hydrogens (tertiary/aromatic N) is 2. The second-order valence-corrected chi connectivity index (χ2v) is 8.26. The third-order valence-electron chi connectivity index (χ3n) is 4.46. The summed E-state index contributed by atoms with van der Waals surface area (Å²) >= 11 is 0. The fourth-order valence-electron chi connectivity index (χ4n) is 2.83. The van der Waals surface area contributed by atoms with E-state index in [9.17, 15) is 13.2 Å². The number of nitrogen functional groups attached to an aromatic ring is 1. The van der Waals surface area contributed by atoms with Gasteiger partial charge in [-0.05, 0) is 23.8 Å². The number of carbonyl (C=O) groups is 1. The van der Waals surface area contributed by atoms with Gasteiger partial charge in [0.05, 0.1) is 10.5 Å². The molecular formula is C18H22N6O3S. The van der Waals surface area contributed by atoms with Gasteiger partial charge in [0.2, 0.25) is 10.0 Å². The number of hydrogen-bond acceptors (Lipinski definition) is 7. The van der Waals surface area contributed by atoms with Crippen molar-refractivity contribution in [2.24, 2.45) is 0 Å². The fraction of sp³-hybridized carbons (Fsp3) is 0.278. The highest BCUT2D eigenvalue weighted by Gasteiger charge is 2.25. The molecule has 2 heterocycles. The molecule has 9 nitrogen and oxygen atoms in total. The van der Waals surface area contributed by atoms with E-state index in [1.54, 1.807) is 24.3 Å². The highest BCUT2D eigenvalue weighted by molar-refractivity contribution is 7.89. The molecule has 1 aromatic heterocycles. The Labute approximate surface area is 163 Å². The average Bonchev–Trinajstić information content (AvgIpc) is 2.73. The number of piperazine rings is 1. The third kappa shape index (κ3) is 4.35. The van der Waals surface area contributed by atoms with Gasteiger partial charge in [-0.1, -0.05) is 12.1 Å². The number of rotatable bonds is 6. The second kappa shape index (κ2) is 8.46. The van der Waals surface area contributed by atoms with Gasteiger partial charge in [0.25, 0.3) is 5.91 Å². The molecular weight excluding hydrogens is 380 g/mol. The fourth-order valence-corrected chi connectivity index (χ4v) is 4.27. The monoisotopic (exact) mass is 402 g/mol. The van der Waals surface area contributed by atoms with E-state index < -0.39 is 10.0 Å². The predicted octanol–water partition coefficient (Wildman–Crippen LogP) is 0.185. The van der Waals surface area contributed by atoms with E-state index >= 15 is 0 Å². The summed E-state index contributed by atoms with van der Waals surface area (Å²) in [7, 11) is -3.50. The predicted molar refractivity (Wildman–Crippen MR) is 106 cm³/mol. The minimum atomic E-state index is -3.50. The van der Waals surface area contributed by atoms with E-state index in [4.69, 9.17) is 11.1 Å². The number of nitrogens with two attached hydrogens (primary N) is 1. The van der Waals surface area contributed by atoms with Crippen LogP contribution in [-0.2, 0) is 16.6 Å². The number of pyridine rings is 1. The average molecular weight is 402 g/mol. The Morgan fingerprint density at radius 2 is 1.96 bits per heavy atom. The zero-order chi connectivity index (χ0) is 20.1. The summed E-state index contributed by atoms with van der Waals surface area (Å²) < 4.78 is 26.7. The molecule has 0 atom stereocenters. The zero-order valence-corrected chi connectivity index (χ0v) is 16.0. The van der Waals surface area contributed by atoms with Crippen LogP contribution in [0.4, 0.5) is 5.82 Å². The van der Waals surface area contributed by atoms with Crippen molar-refractivity contribution in [3.8, 4) is 0 Å². The number of nitrogens with one attached hydrogen (secondary N) is 3. The topological polar surface area (TPSA) is 141 Å². The van der Waals surface area contributed by atoms with E-state index in [0.717, 1.165) is 11.8 Å². The number of sulfonamides is 1. The van der Waals surface area contributed by atoms with Gasteiger partial charge in [-0.15, -0.1) is 0 Å². The van der Waals surface area contributed by atoms with Crippen LogP contribution in [0, 0.1) is 5.41 Å². The van der Waals surface area contributed by atoms with Gasteiger partial charge >= 0.3 is 0 Å². The van der Waals surface area contributed by atoms with E-state index in [2.05, 4.69) is 15.6 Å². The van der Waals surface area contributed by atoms with E-state index in [1.807, 2.05) is 0 Å². The van der Waals surface area contributed by atoms with Gasteiger partial charge in [0.15, 0.2) is 0 Å². The first-order chi connectivity index (χ1) is 13.4. The molecule has 1 amide bonds. The summed E-state index contributed by atoms with van der Waals surface area (Å²) in [6.07, 6.45) is 2.39. The molecule has 10 heteroatoms. The highest BCUT2D eigenvalue weighted by Crippen LogP contribution is 2.17. The number of anilines is 1. The van der Waals surface area contributed by atoms with Gasteiger partial charge in [-0.2, -0.15) is 4.31 Å². The minimum Gasteiger partial charge on any atom is -0.383 e. The molecule has 1 saturated heterocycles. The summed E-state index contributed by atoms with van der Waals surface area (Å²) in [6.45, 7) is 2.42. The van der Waals surface area contributed by atoms with Crippen molar-refractivity contribution in [3.05, 3.63) is 53.2 Å². The van der Waals surface area contributed by atoms with Crippen LogP contribution in [0.3, 0.4) is 0 Å². The maximum atomic E-state index is 12.6. The van der Waals surface area contributed by atoms with Gasteiger partial charge in [0.1, 0.15) is 5.82 Å². The molecule has 0 bridgehead atoms. The number of hydrogen-bond donors (Lipinski definition) is 4. The van der Waals surface area contributed by atoms with Crippen molar-refractivity contribution in [2.75, 3.05) is 31.9 Å². The quantitative estimate of drug-likeness (QED) is 0.508. The highest BCUT2D eigenvalue weighted by atomic mass is 32.2. The van der Waals surface area contributed by atoms with Crippen LogP contribution >= 0.6 is 0 Å². The Morgan fingerprint density at radius 3 is 2.61 bits per heavy atom. The van der Waals surface area contributed by atoms with Crippen molar-refractivity contribution in [1.82, 2.24) is 19.9 Å². The summed E-state index contributed by atoms with van der Waals surface area (Å²) in [5, 5.41) is 13.1. The van der Waals surface area contributed by atoms with Gasteiger partial charge < -0.3 is 21.8 Å².